The van der Waals surface area contributed by atoms with Crippen molar-refractivity contribution in [3.8, 4) is 0 Å². The molecule has 4 rings (SSSR count). The van der Waals surface area contributed by atoms with Crippen LogP contribution in [0.5, 0.6) is 0 Å². The number of nitrogens with one attached hydrogen (secondary N) is 2. The van der Waals surface area contributed by atoms with Crippen LogP contribution in [0.3, 0.4) is 0 Å². The van der Waals surface area contributed by atoms with Gasteiger partial charge in [0, 0.05) is 55.0 Å². The van der Waals surface area contributed by atoms with E-state index >= 15 is 0 Å². The van der Waals surface area contributed by atoms with E-state index in [0.29, 0.717) is 5.57 Å². The molecule has 0 bridgehead atoms. The number of benzene rings is 2. The zero-order chi connectivity index (χ0) is 17.9. The first-order chi connectivity index (χ1) is 12.7. The maximum atomic E-state index is 12.1. The second kappa shape index (κ2) is 7.22. The molecule has 0 aromatic heterocycles. The number of para-hydroxylation sites is 1. The quantitative estimate of drug-likeness (QED) is 0.833. The molecule has 0 atom stereocenters. The van der Waals surface area contributed by atoms with Crippen LogP contribution in [-0.2, 0) is 4.79 Å². The Morgan fingerprint density at radius 3 is 2.50 bits per heavy atom. The standard InChI is InChI=1S/C21H24N4O/c1-2-24-11-13-25(14-12-24)17-9-7-16(8-10-17)22-15-19-18-5-3-4-6-20(18)23-21(19)26/h3-10,15,22H,2,11-14H2,1H3,(H,23,26). The van der Waals surface area contributed by atoms with Gasteiger partial charge in [0.05, 0.1) is 5.57 Å². The zero-order valence-corrected chi connectivity index (χ0v) is 15.0. The smallest absolute Gasteiger partial charge is 0.257 e. The molecule has 134 valence electrons. The van der Waals surface area contributed by atoms with E-state index in [1.54, 1.807) is 6.20 Å². The van der Waals surface area contributed by atoms with Crippen molar-refractivity contribution in [2.75, 3.05) is 48.3 Å². The molecular weight excluding hydrogens is 324 g/mol. The lowest BCUT2D eigenvalue weighted by atomic mass is 10.1. The Hall–Kier alpha value is -2.79. The second-order valence-corrected chi connectivity index (χ2v) is 6.67. The maximum absolute atomic E-state index is 12.1. The van der Waals surface area contributed by atoms with Crippen LogP contribution in [-0.4, -0.2) is 43.5 Å². The van der Waals surface area contributed by atoms with Crippen LogP contribution in [0.4, 0.5) is 17.1 Å². The molecule has 2 aliphatic rings. The van der Waals surface area contributed by atoms with Crippen molar-refractivity contribution in [1.29, 1.82) is 0 Å². The molecule has 1 fully saturated rings. The molecule has 5 nitrogen and oxygen atoms in total. The Bertz CT molecular complexity index is 820. The topological polar surface area (TPSA) is 47.6 Å². The fourth-order valence-electron chi connectivity index (χ4n) is 3.53. The lowest BCUT2D eigenvalue weighted by Gasteiger charge is -2.35. The molecule has 0 aliphatic carbocycles. The number of fused-ring (bicyclic) bond motifs is 1. The molecular formula is C21H24N4O. The van der Waals surface area contributed by atoms with Crippen molar-refractivity contribution in [2.45, 2.75) is 6.92 Å². The van der Waals surface area contributed by atoms with Crippen molar-refractivity contribution >= 4 is 28.5 Å². The second-order valence-electron chi connectivity index (χ2n) is 6.67. The maximum Gasteiger partial charge on any atom is 0.257 e. The van der Waals surface area contributed by atoms with Crippen LogP contribution in [0.2, 0.25) is 0 Å². The van der Waals surface area contributed by atoms with E-state index in [-0.39, 0.29) is 5.91 Å². The third-order valence-corrected chi connectivity index (χ3v) is 5.15. The lowest BCUT2D eigenvalue weighted by Crippen LogP contribution is -2.46. The molecule has 2 aliphatic heterocycles. The van der Waals surface area contributed by atoms with Gasteiger partial charge in [-0.3, -0.25) is 4.79 Å². The molecule has 2 aromatic rings. The molecule has 0 unspecified atom stereocenters. The average Bonchev–Trinajstić information content (AvgIpc) is 3.02. The van der Waals surface area contributed by atoms with Crippen LogP contribution in [0.15, 0.2) is 54.7 Å². The van der Waals surface area contributed by atoms with Gasteiger partial charge in [-0.15, -0.1) is 0 Å². The van der Waals surface area contributed by atoms with Crippen LogP contribution >= 0.6 is 0 Å². The Balaban J connectivity index is 1.43. The third kappa shape index (κ3) is 3.30. The van der Waals surface area contributed by atoms with Crippen LogP contribution in [0.1, 0.15) is 12.5 Å². The Morgan fingerprint density at radius 2 is 1.77 bits per heavy atom. The molecule has 0 spiro atoms. The van der Waals surface area contributed by atoms with Crippen LogP contribution < -0.4 is 15.5 Å². The molecule has 2 N–H and O–H groups in total. The third-order valence-electron chi connectivity index (χ3n) is 5.15. The summed E-state index contributed by atoms with van der Waals surface area (Å²) in [5.74, 6) is -0.0656. The number of carbonyl (C=O) groups excluding carboxylic acids is 1. The van der Waals surface area contributed by atoms with E-state index in [2.05, 4.69) is 51.6 Å². The number of anilines is 3. The zero-order valence-electron chi connectivity index (χ0n) is 15.0. The van der Waals surface area contributed by atoms with Gasteiger partial charge < -0.3 is 20.4 Å². The van der Waals surface area contributed by atoms with Gasteiger partial charge in [0.25, 0.3) is 5.91 Å². The van der Waals surface area contributed by atoms with Gasteiger partial charge >= 0.3 is 0 Å². The highest BCUT2D eigenvalue weighted by Gasteiger charge is 2.23. The number of hydrogen-bond acceptors (Lipinski definition) is 4. The van der Waals surface area contributed by atoms with E-state index < -0.39 is 0 Å². The van der Waals surface area contributed by atoms with Gasteiger partial charge in [0.2, 0.25) is 0 Å². The van der Waals surface area contributed by atoms with Crippen LogP contribution in [0.25, 0.3) is 5.57 Å². The minimum absolute atomic E-state index is 0.0656. The number of piperazine rings is 1. The van der Waals surface area contributed by atoms with E-state index in [4.69, 9.17) is 0 Å². The molecule has 2 aromatic carbocycles. The van der Waals surface area contributed by atoms with Gasteiger partial charge in [-0.2, -0.15) is 0 Å². The first kappa shape index (κ1) is 16.7. The fraction of sp³-hybridized carbons (Fsp3) is 0.286. The largest absolute Gasteiger partial charge is 0.369 e. The molecule has 26 heavy (non-hydrogen) atoms. The minimum atomic E-state index is -0.0656. The monoisotopic (exact) mass is 348 g/mol. The summed E-state index contributed by atoms with van der Waals surface area (Å²) in [7, 11) is 0. The normalized spacial score (nSPS) is 18.7. The summed E-state index contributed by atoms with van der Waals surface area (Å²) >= 11 is 0. The van der Waals surface area contributed by atoms with Crippen LogP contribution in [0, 0.1) is 0 Å². The van der Waals surface area contributed by atoms with Gasteiger partial charge in [0.15, 0.2) is 0 Å². The number of amides is 1. The highest BCUT2D eigenvalue weighted by Crippen LogP contribution is 2.31. The highest BCUT2D eigenvalue weighted by atomic mass is 16.2. The lowest BCUT2D eigenvalue weighted by molar-refractivity contribution is -0.110. The first-order valence-electron chi connectivity index (χ1n) is 9.19. The van der Waals surface area contributed by atoms with Crippen molar-refractivity contribution in [3.05, 3.63) is 60.3 Å². The Kier molecular flexibility index (Phi) is 4.63. The van der Waals surface area contributed by atoms with Crippen molar-refractivity contribution in [3.63, 3.8) is 0 Å². The summed E-state index contributed by atoms with van der Waals surface area (Å²) < 4.78 is 0. The molecule has 0 saturated carbocycles. The van der Waals surface area contributed by atoms with Crippen molar-refractivity contribution in [1.82, 2.24) is 4.90 Å². The molecule has 1 amide bonds. The van der Waals surface area contributed by atoms with E-state index in [0.717, 1.165) is 49.7 Å². The number of nitrogens with zero attached hydrogens (tertiary/aromatic N) is 2. The predicted molar refractivity (Wildman–Crippen MR) is 107 cm³/mol. The minimum Gasteiger partial charge on any atom is -0.369 e. The molecule has 0 radical (unpaired) electrons. The van der Waals surface area contributed by atoms with Gasteiger partial charge in [0.1, 0.15) is 0 Å². The molecule has 1 saturated heterocycles. The number of likely N-dealkylation sites (N-methyl/N-ethyl adjacent to an activating group) is 1. The van der Waals surface area contributed by atoms with Gasteiger partial charge in [-0.1, -0.05) is 25.1 Å². The van der Waals surface area contributed by atoms with E-state index in [1.165, 1.54) is 5.69 Å². The highest BCUT2D eigenvalue weighted by molar-refractivity contribution is 6.31. The summed E-state index contributed by atoms with van der Waals surface area (Å²) in [5, 5.41) is 6.14. The van der Waals surface area contributed by atoms with Gasteiger partial charge in [-0.05, 0) is 36.9 Å². The Morgan fingerprint density at radius 1 is 1.04 bits per heavy atom. The summed E-state index contributed by atoms with van der Waals surface area (Å²) in [5.41, 5.74) is 4.71. The van der Waals surface area contributed by atoms with Crippen molar-refractivity contribution < 1.29 is 4.79 Å². The van der Waals surface area contributed by atoms with E-state index in [1.807, 2.05) is 24.3 Å². The average molecular weight is 348 g/mol. The number of carbonyl (C=O) groups is 1. The SMILES string of the molecule is CCN1CCN(c2ccc(NC=C3C(=O)Nc4ccccc43)cc2)CC1. The summed E-state index contributed by atoms with van der Waals surface area (Å²) in [4.78, 5) is 17.0. The summed E-state index contributed by atoms with van der Waals surface area (Å²) in [6.07, 6.45) is 1.79. The fourth-order valence-corrected chi connectivity index (χ4v) is 3.53. The Labute approximate surface area is 154 Å². The van der Waals surface area contributed by atoms with E-state index in [9.17, 15) is 4.79 Å². The summed E-state index contributed by atoms with van der Waals surface area (Å²) in [6, 6.07) is 16.2. The molecule has 5 heteroatoms. The van der Waals surface area contributed by atoms with Gasteiger partial charge in [-0.25, -0.2) is 0 Å². The predicted octanol–water partition coefficient (Wildman–Crippen LogP) is 3.23. The number of hydrogen-bond donors (Lipinski definition) is 2. The summed E-state index contributed by atoms with van der Waals surface area (Å²) in [6.45, 7) is 7.73. The first-order valence-corrected chi connectivity index (χ1v) is 9.19. The molecule has 2 heterocycles. The van der Waals surface area contributed by atoms with Crippen molar-refractivity contribution in [2.24, 2.45) is 0 Å². The number of rotatable bonds is 4.